The fraction of sp³-hybridized carbons (Fsp3) is 0.0476. The molecule has 0 saturated carbocycles. The van der Waals surface area contributed by atoms with Crippen molar-refractivity contribution < 1.29 is 9.21 Å². The van der Waals surface area contributed by atoms with Gasteiger partial charge in [0.15, 0.2) is 0 Å². The van der Waals surface area contributed by atoms with Crippen LogP contribution < -0.4 is 10.9 Å². The SMILES string of the molecule is Cc1ccc(C(=O)Nc2cc3c(ccc4ccccc43)oc2=O)cc1. The number of hydrogen-bond acceptors (Lipinski definition) is 3. The van der Waals surface area contributed by atoms with Gasteiger partial charge in [-0.05, 0) is 42.0 Å². The van der Waals surface area contributed by atoms with Crippen LogP contribution >= 0.6 is 0 Å². The molecule has 1 amide bonds. The van der Waals surface area contributed by atoms with E-state index in [1.807, 2.05) is 49.4 Å². The summed E-state index contributed by atoms with van der Waals surface area (Å²) in [4.78, 5) is 24.6. The summed E-state index contributed by atoms with van der Waals surface area (Å²) in [6, 6.07) is 20.3. The Hall–Kier alpha value is -3.40. The van der Waals surface area contributed by atoms with Gasteiger partial charge in [0.1, 0.15) is 11.3 Å². The van der Waals surface area contributed by atoms with E-state index in [1.165, 1.54) is 0 Å². The molecule has 0 aliphatic heterocycles. The zero-order valence-corrected chi connectivity index (χ0v) is 13.6. The molecule has 122 valence electrons. The van der Waals surface area contributed by atoms with Gasteiger partial charge in [-0.3, -0.25) is 4.79 Å². The summed E-state index contributed by atoms with van der Waals surface area (Å²) in [6.45, 7) is 1.95. The molecule has 1 heterocycles. The summed E-state index contributed by atoms with van der Waals surface area (Å²) in [5.74, 6) is -0.341. The lowest BCUT2D eigenvalue weighted by Crippen LogP contribution is -2.17. The second-order valence-corrected chi connectivity index (χ2v) is 5.97. The third-order valence-corrected chi connectivity index (χ3v) is 4.20. The van der Waals surface area contributed by atoms with Crippen molar-refractivity contribution in [2.75, 3.05) is 5.32 Å². The molecule has 0 bridgehead atoms. The Labute approximate surface area is 143 Å². The Morgan fingerprint density at radius 2 is 1.68 bits per heavy atom. The summed E-state index contributed by atoms with van der Waals surface area (Å²) < 4.78 is 5.39. The maximum atomic E-state index is 12.4. The minimum absolute atomic E-state index is 0.134. The van der Waals surface area contributed by atoms with Gasteiger partial charge in [-0.15, -0.1) is 0 Å². The van der Waals surface area contributed by atoms with Crippen LogP contribution in [0.5, 0.6) is 0 Å². The number of anilines is 1. The molecule has 0 saturated heterocycles. The molecule has 3 aromatic carbocycles. The Bertz CT molecular complexity index is 1160. The number of rotatable bonds is 2. The first-order valence-electron chi connectivity index (χ1n) is 7.95. The lowest BCUT2D eigenvalue weighted by Gasteiger charge is -2.07. The van der Waals surface area contributed by atoms with Gasteiger partial charge in [0, 0.05) is 10.9 Å². The predicted octanol–water partition coefficient (Wildman–Crippen LogP) is 4.51. The van der Waals surface area contributed by atoms with Crippen molar-refractivity contribution in [2.24, 2.45) is 0 Å². The van der Waals surface area contributed by atoms with Crippen LogP contribution in [0.1, 0.15) is 15.9 Å². The predicted molar refractivity (Wildman–Crippen MR) is 99.1 cm³/mol. The van der Waals surface area contributed by atoms with Crippen LogP contribution in [0.15, 0.2) is 75.9 Å². The maximum absolute atomic E-state index is 12.4. The van der Waals surface area contributed by atoms with E-state index < -0.39 is 5.63 Å². The molecule has 25 heavy (non-hydrogen) atoms. The van der Waals surface area contributed by atoms with Crippen molar-refractivity contribution in [2.45, 2.75) is 6.92 Å². The molecule has 1 N–H and O–H groups in total. The number of amides is 1. The molecule has 0 radical (unpaired) electrons. The molecule has 0 aliphatic carbocycles. The van der Waals surface area contributed by atoms with E-state index in [1.54, 1.807) is 24.3 Å². The van der Waals surface area contributed by atoms with Gasteiger partial charge in [-0.25, -0.2) is 4.79 Å². The van der Waals surface area contributed by atoms with Gasteiger partial charge in [-0.2, -0.15) is 0 Å². The van der Waals surface area contributed by atoms with Gasteiger partial charge in [0.05, 0.1) is 0 Å². The van der Waals surface area contributed by atoms with E-state index in [-0.39, 0.29) is 11.6 Å². The van der Waals surface area contributed by atoms with Gasteiger partial charge >= 0.3 is 5.63 Å². The standard InChI is InChI=1S/C21H15NO3/c1-13-6-8-15(9-7-13)20(23)22-18-12-17-16-5-3-2-4-14(16)10-11-19(17)25-21(18)24/h2-12H,1H3,(H,22,23). The third-order valence-electron chi connectivity index (χ3n) is 4.20. The highest BCUT2D eigenvalue weighted by molar-refractivity contribution is 6.08. The monoisotopic (exact) mass is 329 g/mol. The Balaban J connectivity index is 1.80. The highest BCUT2D eigenvalue weighted by atomic mass is 16.4. The van der Waals surface area contributed by atoms with E-state index in [0.29, 0.717) is 11.1 Å². The molecular formula is C21H15NO3. The quantitative estimate of drug-likeness (QED) is 0.435. The molecule has 0 fully saturated rings. The summed E-state index contributed by atoms with van der Waals surface area (Å²) >= 11 is 0. The van der Waals surface area contributed by atoms with Crippen molar-refractivity contribution in [3.63, 3.8) is 0 Å². The van der Waals surface area contributed by atoms with Crippen LogP contribution in [-0.4, -0.2) is 5.91 Å². The highest BCUT2D eigenvalue weighted by Crippen LogP contribution is 2.26. The largest absolute Gasteiger partial charge is 0.421 e. The number of nitrogens with one attached hydrogen (secondary N) is 1. The zero-order chi connectivity index (χ0) is 17.4. The van der Waals surface area contributed by atoms with Crippen LogP contribution in [-0.2, 0) is 0 Å². The first kappa shape index (κ1) is 15.1. The molecule has 4 aromatic rings. The van der Waals surface area contributed by atoms with Gasteiger partial charge in [0.2, 0.25) is 0 Å². The summed E-state index contributed by atoms with van der Waals surface area (Å²) in [6.07, 6.45) is 0. The first-order chi connectivity index (χ1) is 12.1. The fourth-order valence-corrected chi connectivity index (χ4v) is 2.86. The van der Waals surface area contributed by atoms with Crippen molar-refractivity contribution in [1.29, 1.82) is 0 Å². The third kappa shape index (κ3) is 2.78. The van der Waals surface area contributed by atoms with Crippen molar-refractivity contribution in [1.82, 2.24) is 0 Å². The van der Waals surface area contributed by atoms with Crippen molar-refractivity contribution in [3.8, 4) is 0 Å². The molecule has 1 aromatic heterocycles. The number of carbonyl (C=O) groups excluding carboxylic acids is 1. The molecule has 4 nitrogen and oxygen atoms in total. The first-order valence-corrected chi connectivity index (χ1v) is 7.95. The molecule has 0 atom stereocenters. The van der Waals surface area contributed by atoms with E-state index in [0.717, 1.165) is 21.7 Å². The molecule has 0 unspecified atom stereocenters. The fourth-order valence-electron chi connectivity index (χ4n) is 2.86. The maximum Gasteiger partial charge on any atom is 0.360 e. The highest BCUT2D eigenvalue weighted by Gasteiger charge is 2.12. The molecule has 4 rings (SSSR count). The number of benzene rings is 3. The lowest BCUT2D eigenvalue weighted by molar-refractivity contribution is 0.102. The van der Waals surface area contributed by atoms with Gasteiger partial charge < -0.3 is 9.73 Å². The number of aryl methyl sites for hydroxylation is 1. The van der Waals surface area contributed by atoms with E-state index in [4.69, 9.17) is 4.42 Å². The van der Waals surface area contributed by atoms with Crippen LogP contribution in [0.2, 0.25) is 0 Å². The zero-order valence-electron chi connectivity index (χ0n) is 13.6. The smallest absolute Gasteiger partial charge is 0.360 e. The average Bonchev–Trinajstić information content (AvgIpc) is 2.63. The minimum atomic E-state index is -0.566. The topological polar surface area (TPSA) is 59.3 Å². The average molecular weight is 329 g/mol. The molecule has 4 heteroatoms. The number of carbonyl (C=O) groups is 1. The second kappa shape index (κ2) is 5.91. The molecular weight excluding hydrogens is 314 g/mol. The summed E-state index contributed by atoms with van der Waals surface area (Å²) in [7, 11) is 0. The number of hydrogen-bond donors (Lipinski definition) is 1. The summed E-state index contributed by atoms with van der Waals surface area (Å²) in [5.41, 5.74) is 1.62. The number of fused-ring (bicyclic) bond motifs is 3. The van der Waals surface area contributed by atoms with E-state index >= 15 is 0 Å². The second-order valence-electron chi connectivity index (χ2n) is 5.97. The van der Waals surface area contributed by atoms with Crippen LogP contribution in [0.25, 0.3) is 21.7 Å². The molecule has 0 aliphatic rings. The van der Waals surface area contributed by atoms with E-state index in [9.17, 15) is 9.59 Å². The van der Waals surface area contributed by atoms with Crippen LogP contribution in [0, 0.1) is 6.92 Å². The van der Waals surface area contributed by atoms with Crippen molar-refractivity contribution >= 4 is 33.3 Å². The Morgan fingerprint density at radius 3 is 2.48 bits per heavy atom. The van der Waals surface area contributed by atoms with E-state index in [2.05, 4.69) is 5.32 Å². The normalized spacial score (nSPS) is 10.9. The van der Waals surface area contributed by atoms with Gasteiger partial charge in [0.25, 0.3) is 5.91 Å². The van der Waals surface area contributed by atoms with Crippen molar-refractivity contribution in [3.05, 3.63) is 88.3 Å². The minimum Gasteiger partial charge on any atom is -0.421 e. The van der Waals surface area contributed by atoms with Crippen LogP contribution in [0.4, 0.5) is 5.69 Å². The van der Waals surface area contributed by atoms with Crippen LogP contribution in [0.3, 0.4) is 0 Å². The van der Waals surface area contributed by atoms with Gasteiger partial charge in [-0.1, -0.05) is 48.0 Å². The molecule has 0 spiro atoms. The Morgan fingerprint density at radius 1 is 0.920 bits per heavy atom. The summed E-state index contributed by atoms with van der Waals surface area (Å²) in [5, 5.41) is 5.45. The lowest BCUT2D eigenvalue weighted by atomic mass is 10.1. The Kier molecular flexibility index (Phi) is 3.58.